The standard InChI is InChI=1S/C19H20F3N3O/c1-25-17-4-6-24-10-15(17)14-7-13(8-16(18(14)25)19(20,21)22)26-11-12-3-2-5-23-9-12/h2-3,5,7-9,15,17,24H,4,6,10-11H2,1H3/t15-,17-/m0/s1. The van der Waals surface area contributed by atoms with Crippen LogP contribution in [0.4, 0.5) is 18.9 Å². The molecule has 26 heavy (non-hydrogen) atoms. The third-order valence-electron chi connectivity index (χ3n) is 5.24. The molecule has 0 bridgehead atoms. The van der Waals surface area contributed by atoms with Crippen molar-refractivity contribution < 1.29 is 17.9 Å². The van der Waals surface area contributed by atoms with Gasteiger partial charge in [-0.2, -0.15) is 13.2 Å². The van der Waals surface area contributed by atoms with Crippen LogP contribution in [0.3, 0.4) is 0 Å². The van der Waals surface area contributed by atoms with Crippen molar-refractivity contribution in [2.75, 3.05) is 25.0 Å². The molecule has 0 unspecified atom stereocenters. The summed E-state index contributed by atoms with van der Waals surface area (Å²) in [7, 11) is 1.76. The Hall–Kier alpha value is -2.28. The second-order valence-electron chi connectivity index (χ2n) is 6.83. The second kappa shape index (κ2) is 6.46. The molecule has 0 saturated carbocycles. The number of anilines is 1. The summed E-state index contributed by atoms with van der Waals surface area (Å²) < 4.78 is 46.9. The molecule has 138 valence electrons. The van der Waals surface area contributed by atoms with E-state index in [1.54, 1.807) is 36.5 Å². The van der Waals surface area contributed by atoms with Gasteiger partial charge in [0.2, 0.25) is 0 Å². The van der Waals surface area contributed by atoms with Crippen LogP contribution in [0.1, 0.15) is 29.0 Å². The highest BCUT2D eigenvalue weighted by Gasteiger charge is 2.45. The van der Waals surface area contributed by atoms with E-state index in [-0.39, 0.29) is 24.3 Å². The number of ether oxygens (including phenoxy) is 1. The minimum Gasteiger partial charge on any atom is -0.489 e. The Labute approximate surface area is 150 Å². The van der Waals surface area contributed by atoms with E-state index in [9.17, 15) is 13.2 Å². The van der Waals surface area contributed by atoms with Gasteiger partial charge in [0.25, 0.3) is 0 Å². The predicted octanol–water partition coefficient (Wildman–Crippen LogP) is 3.57. The molecule has 0 radical (unpaired) electrons. The molecule has 0 amide bonds. The number of benzene rings is 1. The van der Waals surface area contributed by atoms with Crippen molar-refractivity contribution in [1.29, 1.82) is 0 Å². The van der Waals surface area contributed by atoms with E-state index in [0.717, 1.165) is 30.2 Å². The molecule has 3 heterocycles. The lowest BCUT2D eigenvalue weighted by molar-refractivity contribution is -0.137. The van der Waals surface area contributed by atoms with Gasteiger partial charge in [-0.3, -0.25) is 4.98 Å². The Balaban J connectivity index is 1.71. The zero-order valence-electron chi connectivity index (χ0n) is 14.4. The largest absolute Gasteiger partial charge is 0.489 e. The second-order valence-corrected chi connectivity index (χ2v) is 6.83. The number of likely N-dealkylation sites (N-methyl/N-ethyl adjacent to an activating group) is 1. The molecule has 1 saturated heterocycles. The molecule has 2 aliphatic heterocycles. The number of hydrogen-bond acceptors (Lipinski definition) is 4. The van der Waals surface area contributed by atoms with Gasteiger partial charge in [0.05, 0.1) is 11.3 Å². The number of rotatable bonds is 3. The predicted molar refractivity (Wildman–Crippen MR) is 92.4 cm³/mol. The van der Waals surface area contributed by atoms with Crippen LogP contribution in [0, 0.1) is 0 Å². The van der Waals surface area contributed by atoms with E-state index < -0.39 is 11.7 Å². The van der Waals surface area contributed by atoms with Crippen molar-refractivity contribution >= 4 is 5.69 Å². The van der Waals surface area contributed by atoms with Gasteiger partial charge in [-0.15, -0.1) is 0 Å². The smallest absolute Gasteiger partial charge is 0.418 e. The fraction of sp³-hybridized carbons (Fsp3) is 0.421. The summed E-state index contributed by atoms with van der Waals surface area (Å²) in [4.78, 5) is 5.80. The van der Waals surface area contributed by atoms with Crippen molar-refractivity contribution in [1.82, 2.24) is 10.3 Å². The molecular weight excluding hydrogens is 343 g/mol. The molecule has 2 aromatic rings. The highest BCUT2D eigenvalue weighted by atomic mass is 19.4. The van der Waals surface area contributed by atoms with Crippen molar-refractivity contribution in [3.63, 3.8) is 0 Å². The summed E-state index contributed by atoms with van der Waals surface area (Å²) in [5.41, 5.74) is 1.22. The molecular formula is C19H20F3N3O. The number of hydrogen-bond donors (Lipinski definition) is 1. The Morgan fingerprint density at radius 3 is 2.92 bits per heavy atom. The van der Waals surface area contributed by atoms with Crippen molar-refractivity contribution in [2.45, 2.75) is 31.2 Å². The summed E-state index contributed by atoms with van der Waals surface area (Å²) in [5, 5.41) is 3.30. The van der Waals surface area contributed by atoms with E-state index in [1.807, 2.05) is 6.07 Å². The average molecular weight is 363 g/mol. The summed E-state index contributed by atoms with van der Waals surface area (Å²) in [5.74, 6) is 0.298. The molecule has 2 atom stereocenters. The number of fused-ring (bicyclic) bond motifs is 3. The molecule has 4 rings (SSSR count). The zero-order chi connectivity index (χ0) is 18.3. The fourth-order valence-electron chi connectivity index (χ4n) is 4.05. The first-order chi connectivity index (χ1) is 12.4. The average Bonchev–Trinajstić information content (AvgIpc) is 2.92. The summed E-state index contributed by atoms with van der Waals surface area (Å²) in [6.07, 6.45) is -0.300. The van der Waals surface area contributed by atoms with E-state index in [1.165, 1.54) is 0 Å². The Bertz CT molecular complexity index is 795. The Morgan fingerprint density at radius 1 is 1.35 bits per heavy atom. The highest BCUT2D eigenvalue weighted by Crippen LogP contribution is 2.50. The number of alkyl halides is 3. The van der Waals surface area contributed by atoms with Gasteiger partial charge in [-0.25, -0.2) is 0 Å². The van der Waals surface area contributed by atoms with Crippen LogP contribution in [-0.2, 0) is 12.8 Å². The third-order valence-corrected chi connectivity index (χ3v) is 5.24. The molecule has 1 N–H and O–H groups in total. The first-order valence-corrected chi connectivity index (χ1v) is 8.65. The minimum atomic E-state index is -4.42. The molecule has 1 aromatic heterocycles. The SMILES string of the molecule is CN1c2c(cc(OCc3cccnc3)cc2C(F)(F)F)[C@@H]2CNCC[C@@H]21. The van der Waals surface area contributed by atoms with E-state index >= 15 is 0 Å². The van der Waals surface area contributed by atoms with Gasteiger partial charge < -0.3 is 15.0 Å². The van der Waals surface area contributed by atoms with Crippen LogP contribution in [-0.4, -0.2) is 31.2 Å². The number of nitrogens with zero attached hydrogens (tertiary/aromatic N) is 2. The number of pyridine rings is 1. The minimum absolute atomic E-state index is 0.0480. The molecule has 0 aliphatic carbocycles. The Morgan fingerprint density at radius 2 is 2.19 bits per heavy atom. The van der Waals surface area contributed by atoms with Gasteiger partial charge in [0.1, 0.15) is 12.4 Å². The van der Waals surface area contributed by atoms with Gasteiger partial charge in [0, 0.05) is 43.5 Å². The van der Waals surface area contributed by atoms with Crippen molar-refractivity contribution in [3.8, 4) is 5.75 Å². The summed E-state index contributed by atoms with van der Waals surface area (Å²) in [6, 6.07) is 6.60. The van der Waals surface area contributed by atoms with Crippen LogP contribution in [0.2, 0.25) is 0 Å². The van der Waals surface area contributed by atoms with Crippen LogP contribution in [0.5, 0.6) is 5.75 Å². The zero-order valence-corrected chi connectivity index (χ0v) is 14.4. The summed E-state index contributed by atoms with van der Waals surface area (Å²) in [6.45, 7) is 1.70. The molecule has 2 aliphatic rings. The van der Waals surface area contributed by atoms with Crippen molar-refractivity contribution in [2.24, 2.45) is 0 Å². The third kappa shape index (κ3) is 3.00. The molecule has 7 heteroatoms. The van der Waals surface area contributed by atoms with E-state index in [2.05, 4.69) is 10.3 Å². The normalized spacial score (nSPS) is 22.1. The van der Waals surface area contributed by atoms with Crippen LogP contribution < -0.4 is 15.0 Å². The van der Waals surface area contributed by atoms with Gasteiger partial charge >= 0.3 is 6.18 Å². The van der Waals surface area contributed by atoms with E-state index in [4.69, 9.17) is 4.74 Å². The maximum absolute atomic E-state index is 13.7. The van der Waals surface area contributed by atoms with Crippen LogP contribution in [0.25, 0.3) is 0 Å². The van der Waals surface area contributed by atoms with Crippen LogP contribution >= 0.6 is 0 Å². The number of halogens is 3. The maximum atomic E-state index is 13.7. The van der Waals surface area contributed by atoms with Crippen LogP contribution in [0.15, 0.2) is 36.7 Å². The monoisotopic (exact) mass is 363 g/mol. The first-order valence-electron chi connectivity index (χ1n) is 8.65. The van der Waals surface area contributed by atoms with Crippen molar-refractivity contribution in [3.05, 3.63) is 53.3 Å². The number of nitrogens with one attached hydrogen (secondary N) is 1. The van der Waals surface area contributed by atoms with Gasteiger partial charge in [0.15, 0.2) is 0 Å². The fourth-order valence-corrected chi connectivity index (χ4v) is 4.05. The highest BCUT2D eigenvalue weighted by molar-refractivity contribution is 5.69. The number of piperidine rings is 1. The molecule has 1 aromatic carbocycles. The lowest BCUT2D eigenvalue weighted by atomic mass is 9.89. The summed E-state index contributed by atoms with van der Waals surface area (Å²) >= 11 is 0. The number of aromatic nitrogens is 1. The quantitative estimate of drug-likeness (QED) is 0.905. The first kappa shape index (κ1) is 17.1. The lowest BCUT2D eigenvalue weighted by Crippen LogP contribution is -2.42. The lowest BCUT2D eigenvalue weighted by Gasteiger charge is -2.31. The Kier molecular flexibility index (Phi) is 4.26. The maximum Gasteiger partial charge on any atom is 0.418 e. The molecule has 1 fully saturated rings. The topological polar surface area (TPSA) is 37.4 Å². The molecule has 4 nitrogen and oxygen atoms in total. The van der Waals surface area contributed by atoms with E-state index in [0.29, 0.717) is 12.2 Å². The van der Waals surface area contributed by atoms with Gasteiger partial charge in [-0.1, -0.05) is 6.07 Å². The molecule has 0 spiro atoms. The van der Waals surface area contributed by atoms with Gasteiger partial charge in [-0.05, 0) is 36.7 Å².